The molecule has 1 aromatic carbocycles. The van der Waals surface area contributed by atoms with Gasteiger partial charge in [-0.05, 0) is 43.5 Å². The van der Waals surface area contributed by atoms with Crippen LogP contribution in [0.3, 0.4) is 0 Å². The van der Waals surface area contributed by atoms with Crippen LogP contribution in [0, 0.1) is 0 Å². The van der Waals surface area contributed by atoms with E-state index in [9.17, 15) is 5.11 Å². The topological polar surface area (TPSA) is 32.7 Å². The molecule has 0 amide bonds. The number of aliphatic hydroxyl groups excluding tert-OH is 1. The molecule has 1 aliphatic rings. The van der Waals surface area contributed by atoms with Crippen molar-refractivity contribution >= 4 is 0 Å². The van der Waals surface area contributed by atoms with Crippen LogP contribution in [0.1, 0.15) is 44.6 Å². The van der Waals surface area contributed by atoms with Gasteiger partial charge >= 0.3 is 0 Å². The van der Waals surface area contributed by atoms with Gasteiger partial charge in [-0.15, -0.1) is 0 Å². The third kappa shape index (κ3) is 4.50. The van der Waals surface area contributed by atoms with Crippen molar-refractivity contribution < 1.29 is 9.84 Å². The summed E-state index contributed by atoms with van der Waals surface area (Å²) >= 11 is 0. The fourth-order valence-electron chi connectivity index (χ4n) is 2.73. The molecular weight excluding hydrogens is 250 g/mol. The Kier molecular flexibility index (Phi) is 6.34. The molecule has 3 heteroatoms. The van der Waals surface area contributed by atoms with Gasteiger partial charge in [-0.3, -0.25) is 4.90 Å². The second-order valence-corrected chi connectivity index (χ2v) is 5.65. The minimum absolute atomic E-state index is 0.276. The summed E-state index contributed by atoms with van der Waals surface area (Å²) in [5.74, 6) is 0.958. The van der Waals surface area contributed by atoms with Gasteiger partial charge in [0.05, 0.1) is 13.2 Å². The number of aliphatic hydroxyl groups is 1. The normalized spacial score (nSPS) is 20.0. The molecule has 1 heterocycles. The third-order valence-electron chi connectivity index (χ3n) is 4.04. The first-order valence-corrected chi connectivity index (χ1v) is 7.90. The molecule has 1 atom stereocenters. The van der Waals surface area contributed by atoms with E-state index in [1.165, 1.54) is 18.4 Å². The Labute approximate surface area is 122 Å². The monoisotopic (exact) mass is 277 g/mol. The van der Waals surface area contributed by atoms with Gasteiger partial charge in [-0.1, -0.05) is 31.9 Å². The minimum atomic E-state index is 0.276. The van der Waals surface area contributed by atoms with Gasteiger partial charge in [0.15, 0.2) is 0 Å². The van der Waals surface area contributed by atoms with E-state index in [1.807, 2.05) is 0 Å². The van der Waals surface area contributed by atoms with Crippen molar-refractivity contribution in [3.8, 4) is 5.75 Å². The quantitative estimate of drug-likeness (QED) is 0.777. The van der Waals surface area contributed by atoms with Crippen LogP contribution in [-0.4, -0.2) is 35.8 Å². The van der Waals surface area contributed by atoms with Crippen molar-refractivity contribution in [2.24, 2.45) is 0 Å². The van der Waals surface area contributed by atoms with Crippen LogP contribution in [-0.2, 0) is 6.54 Å². The van der Waals surface area contributed by atoms with Gasteiger partial charge in [0, 0.05) is 12.6 Å². The van der Waals surface area contributed by atoms with Crippen molar-refractivity contribution in [1.29, 1.82) is 0 Å². The van der Waals surface area contributed by atoms with Crippen LogP contribution in [0.4, 0.5) is 0 Å². The number of rotatable bonds is 7. The maximum absolute atomic E-state index is 9.44. The van der Waals surface area contributed by atoms with Gasteiger partial charge in [0.2, 0.25) is 0 Å². The molecule has 0 aromatic heterocycles. The van der Waals surface area contributed by atoms with Crippen molar-refractivity contribution in [2.45, 2.75) is 51.6 Å². The van der Waals surface area contributed by atoms with Crippen LogP contribution in [0.15, 0.2) is 24.3 Å². The smallest absolute Gasteiger partial charge is 0.119 e. The fraction of sp³-hybridized carbons (Fsp3) is 0.647. The van der Waals surface area contributed by atoms with Gasteiger partial charge in [-0.2, -0.15) is 0 Å². The Morgan fingerprint density at radius 3 is 2.75 bits per heavy atom. The highest BCUT2D eigenvalue weighted by atomic mass is 16.5. The van der Waals surface area contributed by atoms with Crippen LogP contribution < -0.4 is 4.74 Å². The zero-order valence-electron chi connectivity index (χ0n) is 12.6. The van der Waals surface area contributed by atoms with Gasteiger partial charge in [0.1, 0.15) is 5.75 Å². The van der Waals surface area contributed by atoms with Crippen molar-refractivity contribution in [3.05, 3.63) is 29.8 Å². The molecule has 0 radical (unpaired) electrons. The number of piperidine rings is 1. The van der Waals surface area contributed by atoms with Gasteiger partial charge < -0.3 is 9.84 Å². The highest BCUT2D eigenvalue weighted by Crippen LogP contribution is 2.20. The Balaban J connectivity index is 1.86. The van der Waals surface area contributed by atoms with E-state index in [4.69, 9.17) is 4.74 Å². The number of ether oxygens (including phenoxy) is 1. The third-order valence-corrected chi connectivity index (χ3v) is 4.04. The van der Waals surface area contributed by atoms with E-state index in [0.29, 0.717) is 6.04 Å². The minimum Gasteiger partial charge on any atom is -0.494 e. The maximum Gasteiger partial charge on any atom is 0.119 e. The Morgan fingerprint density at radius 2 is 2.05 bits per heavy atom. The highest BCUT2D eigenvalue weighted by Gasteiger charge is 2.21. The van der Waals surface area contributed by atoms with E-state index in [-0.39, 0.29) is 6.61 Å². The van der Waals surface area contributed by atoms with E-state index < -0.39 is 0 Å². The molecule has 20 heavy (non-hydrogen) atoms. The van der Waals surface area contributed by atoms with Crippen LogP contribution >= 0.6 is 0 Å². The Bertz CT molecular complexity index is 377. The van der Waals surface area contributed by atoms with Crippen LogP contribution in [0.5, 0.6) is 5.75 Å². The maximum atomic E-state index is 9.44. The molecule has 112 valence electrons. The predicted octanol–water partition coefficient (Wildman–Crippen LogP) is 3.21. The number of likely N-dealkylation sites (tertiary alicyclic amines) is 1. The Morgan fingerprint density at radius 1 is 1.25 bits per heavy atom. The van der Waals surface area contributed by atoms with Crippen LogP contribution in [0.25, 0.3) is 0 Å². The first-order chi connectivity index (χ1) is 9.83. The average Bonchev–Trinajstić information content (AvgIpc) is 2.50. The number of hydrogen-bond donors (Lipinski definition) is 1. The average molecular weight is 277 g/mol. The summed E-state index contributed by atoms with van der Waals surface area (Å²) in [6.07, 6.45) is 5.87. The zero-order chi connectivity index (χ0) is 14.2. The van der Waals surface area contributed by atoms with E-state index in [1.54, 1.807) is 0 Å². The van der Waals surface area contributed by atoms with E-state index in [2.05, 4.69) is 36.1 Å². The first kappa shape index (κ1) is 15.3. The summed E-state index contributed by atoms with van der Waals surface area (Å²) in [7, 11) is 0. The number of hydrogen-bond acceptors (Lipinski definition) is 3. The predicted molar refractivity (Wildman–Crippen MR) is 82.0 cm³/mol. The van der Waals surface area contributed by atoms with Crippen molar-refractivity contribution in [1.82, 2.24) is 4.90 Å². The largest absolute Gasteiger partial charge is 0.494 e. The van der Waals surface area contributed by atoms with Crippen molar-refractivity contribution in [2.75, 3.05) is 19.8 Å². The molecule has 1 fully saturated rings. The summed E-state index contributed by atoms with van der Waals surface area (Å²) in [5, 5.41) is 9.44. The van der Waals surface area contributed by atoms with Crippen molar-refractivity contribution in [3.63, 3.8) is 0 Å². The number of nitrogens with zero attached hydrogens (tertiary/aromatic N) is 1. The lowest BCUT2D eigenvalue weighted by Crippen LogP contribution is -2.41. The highest BCUT2D eigenvalue weighted by molar-refractivity contribution is 5.27. The number of unbranched alkanes of at least 4 members (excludes halogenated alkanes) is 1. The molecule has 1 unspecified atom stereocenters. The molecule has 1 N–H and O–H groups in total. The molecule has 1 aliphatic heterocycles. The fourth-order valence-corrected chi connectivity index (χ4v) is 2.73. The lowest BCUT2D eigenvalue weighted by atomic mass is 10.0. The molecule has 0 aliphatic carbocycles. The van der Waals surface area contributed by atoms with E-state index in [0.717, 1.165) is 44.7 Å². The summed E-state index contributed by atoms with van der Waals surface area (Å²) < 4.78 is 5.68. The summed E-state index contributed by atoms with van der Waals surface area (Å²) in [4.78, 5) is 2.40. The Hall–Kier alpha value is -1.06. The van der Waals surface area contributed by atoms with Crippen LogP contribution in [0.2, 0.25) is 0 Å². The SMILES string of the molecule is CCCCOc1ccc(CN2CCCCC2CO)cc1. The number of benzene rings is 1. The second kappa shape index (κ2) is 8.28. The molecule has 0 saturated carbocycles. The standard InChI is InChI=1S/C17H27NO2/c1-2-3-12-20-17-9-7-15(8-10-17)13-18-11-5-4-6-16(18)14-19/h7-10,16,19H,2-6,11-14H2,1H3. The molecule has 1 aromatic rings. The summed E-state index contributed by atoms with van der Waals surface area (Å²) in [6, 6.07) is 8.74. The molecule has 0 spiro atoms. The molecule has 3 nitrogen and oxygen atoms in total. The summed E-state index contributed by atoms with van der Waals surface area (Å²) in [5.41, 5.74) is 1.30. The summed E-state index contributed by atoms with van der Waals surface area (Å²) in [6.45, 7) is 5.27. The molecule has 0 bridgehead atoms. The second-order valence-electron chi connectivity index (χ2n) is 5.65. The van der Waals surface area contributed by atoms with Gasteiger partial charge in [-0.25, -0.2) is 0 Å². The first-order valence-electron chi connectivity index (χ1n) is 7.90. The molecule has 2 rings (SSSR count). The zero-order valence-corrected chi connectivity index (χ0v) is 12.6. The lowest BCUT2D eigenvalue weighted by Gasteiger charge is -2.34. The van der Waals surface area contributed by atoms with E-state index >= 15 is 0 Å². The molecular formula is C17H27NO2. The molecule has 1 saturated heterocycles. The van der Waals surface area contributed by atoms with Gasteiger partial charge in [0.25, 0.3) is 0 Å². The lowest BCUT2D eigenvalue weighted by molar-refractivity contribution is 0.0841.